The molecule has 2 aliphatic rings. The van der Waals surface area contributed by atoms with Crippen LogP contribution in [0, 0.1) is 0 Å². The molecule has 0 radical (unpaired) electrons. The number of amides is 1. The third kappa shape index (κ3) is 6.21. The molecule has 2 atom stereocenters. The summed E-state index contributed by atoms with van der Waals surface area (Å²) in [7, 11) is 3.17. The molecule has 42 heavy (non-hydrogen) atoms. The fourth-order valence-electron chi connectivity index (χ4n) is 5.06. The second-order valence-electron chi connectivity index (χ2n) is 9.94. The highest BCUT2D eigenvalue weighted by atomic mass is 32.2. The van der Waals surface area contributed by atoms with Crippen LogP contribution in [0.5, 0.6) is 11.5 Å². The summed E-state index contributed by atoms with van der Waals surface area (Å²) in [6.07, 6.45) is 0.0946. The number of benzene rings is 3. The van der Waals surface area contributed by atoms with Crippen molar-refractivity contribution in [2.75, 3.05) is 14.2 Å². The first-order chi connectivity index (χ1) is 20.4. The predicted octanol–water partition coefficient (Wildman–Crippen LogP) is 6.29. The Labute approximate surface area is 250 Å². The number of hydrogen-bond acceptors (Lipinski definition) is 8. The summed E-state index contributed by atoms with van der Waals surface area (Å²) in [4.78, 5) is 33.8. The molecule has 2 aliphatic heterocycles. The number of carbonyl (C=O) groups excluding carboxylic acids is 2. The monoisotopic (exact) mass is 583 g/mol. The third-order valence-corrected chi connectivity index (χ3v) is 8.07. The van der Waals surface area contributed by atoms with Crippen molar-refractivity contribution >= 4 is 28.8 Å². The quantitative estimate of drug-likeness (QED) is 0.281. The van der Waals surface area contributed by atoms with Gasteiger partial charge in [-0.05, 0) is 48.6 Å². The number of fused-ring (bicyclic) bond motifs is 1. The predicted molar refractivity (Wildman–Crippen MR) is 164 cm³/mol. The normalized spacial score (nSPS) is 16.7. The molecule has 0 bridgehead atoms. The zero-order chi connectivity index (χ0) is 29.6. The van der Waals surface area contributed by atoms with Gasteiger partial charge >= 0.3 is 5.97 Å². The van der Waals surface area contributed by atoms with Gasteiger partial charge in [0.2, 0.25) is 5.91 Å². The molecule has 0 spiro atoms. The van der Waals surface area contributed by atoms with Gasteiger partial charge in [-0.3, -0.25) is 4.79 Å². The van der Waals surface area contributed by atoms with E-state index in [2.05, 4.69) is 5.32 Å². The number of amidine groups is 1. The van der Waals surface area contributed by atoms with Crippen molar-refractivity contribution < 1.29 is 23.8 Å². The summed E-state index contributed by atoms with van der Waals surface area (Å²) in [6, 6.07) is 24.0. The number of methoxy groups -OCH3 is 2. The number of nitrogens with one attached hydrogen (secondary N) is 1. The fraction of sp³-hybridized carbons (Fsp3) is 0.242. The van der Waals surface area contributed by atoms with Crippen molar-refractivity contribution in [2.45, 2.75) is 39.0 Å². The van der Waals surface area contributed by atoms with E-state index in [4.69, 9.17) is 19.2 Å². The van der Waals surface area contributed by atoms with Crippen molar-refractivity contribution in [1.82, 2.24) is 10.2 Å². The topological polar surface area (TPSA) is 89.5 Å². The highest BCUT2D eigenvalue weighted by molar-refractivity contribution is 8.16. The van der Waals surface area contributed by atoms with Gasteiger partial charge in [-0.1, -0.05) is 72.4 Å². The van der Waals surface area contributed by atoms with Crippen molar-refractivity contribution in [3.05, 3.63) is 118 Å². The molecule has 3 aromatic rings. The van der Waals surface area contributed by atoms with E-state index in [0.29, 0.717) is 39.2 Å². The van der Waals surface area contributed by atoms with Gasteiger partial charge in [-0.25, -0.2) is 9.79 Å². The molecule has 1 amide bonds. The van der Waals surface area contributed by atoms with Gasteiger partial charge in [-0.15, -0.1) is 0 Å². The number of ether oxygens (including phenoxy) is 3. The summed E-state index contributed by atoms with van der Waals surface area (Å²) >= 11 is 1.42. The van der Waals surface area contributed by atoms with E-state index in [1.165, 1.54) is 11.8 Å². The van der Waals surface area contributed by atoms with E-state index in [9.17, 15) is 9.59 Å². The van der Waals surface area contributed by atoms with E-state index in [-0.39, 0.29) is 25.0 Å². The molecule has 0 aliphatic carbocycles. The number of thioether (sulfide) groups is 1. The summed E-state index contributed by atoms with van der Waals surface area (Å²) in [5.74, 6) is 0.542. The molecule has 216 valence electrons. The molecule has 0 unspecified atom stereocenters. The van der Waals surface area contributed by atoms with Crippen molar-refractivity contribution in [2.24, 2.45) is 4.99 Å². The van der Waals surface area contributed by atoms with Gasteiger partial charge in [0.25, 0.3) is 0 Å². The molecule has 3 aromatic carbocycles. The van der Waals surface area contributed by atoms with Gasteiger partial charge in [0.05, 0.1) is 44.0 Å². The van der Waals surface area contributed by atoms with E-state index < -0.39 is 12.0 Å². The summed E-state index contributed by atoms with van der Waals surface area (Å²) in [5.41, 5.74) is 4.21. The standard InChI is InChI=1S/C33H33N3O5S/c1-21(24-13-9-6-10-14-24)34-29(37)17-25-20-42-33-35-22(2)30(32(38)41-19-23-11-7-5-8-12-23)31(36(25)33)27-18-26(39-3)15-16-28(27)40-4/h5-16,18,20-21,31H,17,19H2,1-4H3,(H,34,37)/t21-,31-/m0/s1. The van der Waals surface area contributed by atoms with Crippen LogP contribution in [0.3, 0.4) is 0 Å². The Morgan fingerprint density at radius 1 is 1.00 bits per heavy atom. The van der Waals surface area contributed by atoms with Crippen molar-refractivity contribution in [3.63, 3.8) is 0 Å². The van der Waals surface area contributed by atoms with E-state index in [0.717, 1.165) is 11.1 Å². The number of aliphatic imine (C=N–C) groups is 1. The maximum absolute atomic E-state index is 13.8. The molecule has 9 heteroatoms. The lowest BCUT2D eigenvalue weighted by molar-refractivity contribution is -0.141. The van der Waals surface area contributed by atoms with E-state index in [1.807, 2.05) is 90.0 Å². The van der Waals surface area contributed by atoms with Crippen LogP contribution >= 0.6 is 11.8 Å². The maximum atomic E-state index is 13.8. The minimum atomic E-state index is -0.661. The Bertz CT molecular complexity index is 1550. The van der Waals surface area contributed by atoms with Gasteiger partial charge in [0.15, 0.2) is 5.17 Å². The van der Waals surface area contributed by atoms with Crippen molar-refractivity contribution in [1.29, 1.82) is 0 Å². The highest BCUT2D eigenvalue weighted by Gasteiger charge is 2.42. The van der Waals surface area contributed by atoms with Gasteiger partial charge in [0, 0.05) is 11.3 Å². The van der Waals surface area contributed by atoms with Gasteiger partial charge in [-0.2, -0.15) is 0 Å². The van der Waals surface area contributed by atoms with E-state index >= 15 is 0 Å². The molecule has 0 aromatic heterocycles. The van der Waals surface area contributed by atoms with Crippen LogP contribution in [0.25, 0.3) is 0 Å². The maximum Gasteiger partial charge on any atom is 0.338 e. The number of allylic oxidation sites excluding steroid dienone is 1. The Hall–Kier alpha value is -4.50. The first-order valence-corrected chi connectivity index (χ1v) is 14.5. The number of hydrogen-bond donors (Lipinski definition) is 1. The zero-order valence-electron chi connectivity index (χ0n) is 24.0. The number of nitrogens with zero attached hydrogens (tertiary/aromatic N) is 2. The molecule has 0 saturated heterocycles. The summed E-state index contributed by atoms with van der Waals surface area (Å²) in [5, 5.41) is 5.67. The molecule has 5 rings (SSSR count). The van der Waals surface area contributed by atoms with E-state index in [1.54, 1.807) is 27.2 Å². The summed E-state index contributed by atoms with van der Waals surface area (Å²) < 4.78 is 17.1. The smallest absolute Gasteiger partial charge is 0.338 e. The van der Waals surface area contributed by atoms with Gasteiger partial charge < -0.3 is 24.4 Å². The molecular weight excluding hydrogens is 550 g/mol. The largest absolute Gasteiger partial charge is 0.497 e. The molecule has 0 saturated carbocycles. The SMILES string of the molecule is COc1ccc(OC)c([C@H]2C(C(=O)OCc3ccccc3)=C(C)N=C3SC=C(CC(=O)N[C@@H](C)c4ccccc4)N32)c1. The van der Waals surface area contributed by atoms with Crippen LogP contribution in [-0.2, 0) is 20.9 Å². The zero-order valence-corrected chi connectivity index (χ0v) is 24.8. The lowest BCUT2D eigenvalue weighted by Gasteiger charge is -2.37. The molecule has 2 heterocycles. The van der Waals surface area contributed by atoms with Crippen LogP contribution in [0.2, 0.25) is 0 Å². The van der Waals surface area contributed by atoms with Crippen LogP contribution in [0.15, 0.2) is 106 Å². The van der Waals surface area contributed by atoms with Crippen molar-refractivity contribution in [3.8, 4) is 11.5 Å². The van der Waals surface area contributed by atoms with Crippen LogP contribution in [-0.4, -0.2) is 36.2 Å². The lowest BCUT2D eigenvalue weighted by atomic mass is 9.92. The summed E-state index contributed by atoms with van der Waals surface area (Å²) in [6.45, 7) is 3.87. The minimum absolute atomic E-state index is 0.0946. The van der Waals surface area contributed by atoms with Crippen LogP contribution < -0.4 is 14.8 Å². The lowest BCUT2D eigenvalue weighted by Crippen LogP contribution is -2.38. The van der Waals surface area contributed by atoms with Gasteiger partial charge in [0.1, 0.15) is 18.1 Å². The fourth-order valence-corrected chi connectivity index (χ4v) is 6.03. The minimum Gasteiger partial charge on any atom is -0.497 e. The molecular formula is C33H33N3O5S. The number of esters is 1. The molecule has 0 fully saturated rings. The first kappa shape index (κ1) is 29.0. The highest BCUT2D eigenvalue weighted by Crippen LogP contribution is 2.47. The Balaban J connectivity index is 1.48. The first-order valence-electron chi connectivity index (χ1n) is 13.6. The second kappa shape index (κ2) is 13.0. The van der Waals surface area contributed by atoms with Crippen LogP contribution in [0.1, 0.15) is 49.0 Å². The number of rotatable bonds is 10. The Kier molecular flexibility index (Phi) is 8.97. The molecule has 8 nitrogen and oxygen atoms in total. The van der Waals surface area contributed by atoms with Crippen LogP contribution in [0.4, 0.5) is 0 Å². The molecule has 1 N–H and O–H groups in total. The average Bonchev–Trinajstić information content (AvgIpc) is 3.41. The number of carbonyl (C=O) groups is 2. The second-order valence-corrected chi connectivity index (χ2v) is 10.8. The Morgan fingerprint density at radius 2 is 1.71 bits per heavy atom. The third-order valence-electron chi connectivity index (χ3n) is 7.18. The average molecular weight is 584 g/mol. The Morgan fingerprint density at radius 3 is 2.40 bits per heavy atom.